The summed E-state index contributed by atoms with van der Waals surface area (Å²) >= 11 is 0. The molecule has 4 aromatic carbocycles. The number of likely N-dealkylation sites (N-methyl/N-ethyl adjacent to an activating group) is 1. The SMILES string of the molecule is COc1ccc(C2C[NH+](C)C3(C(=O)N(Cc4ccccc4C)c4ccccc43)C2C(=O)c2ccccc2)c(OC)c1. The summed E-state index contributed by atoms with van der Waals surface area (Å²) in [6, 6.07) is 31.2. The molecular formula is C35H35N2O4+. The van der Waals surface area contributed by atoms with Crippen LogP contribution in [-0.4, -0.2) is 39.5 Å². The largest absolute Gasteiger partial charge is 0.497 e. The van der Waals surface area contributed by atoms with Gasteiger partial charge in [-0.2, -0.15) is 0 Å². The topological polar surface area (TPSA) is 60.3 Å². The maximum absolute atomic E-state index is 15.0. The van der Waals surface area contributed by atoms with Crippen LogP contribution in [0.2, 0.25) is 0 Å². The molecule has 0 saturated carbocycles. The highest BCUT2D eigenvalue weighted by molar-refractivity contribution is 6.12. The van der Waals surface area contributed by atoms with E-state index in [0.717, 1.165) is 32.8 Å². The Morgan fingerprint density at radius 2 is 1.63 bits per heavy atom. The Labute approximate surface area is 241 Å². The van der Waals surface area contributed by atoms with Gasteiger partial charge in [-0.15, -0.1) is 0 Å². The predicted molar refractivity (Wildman–Crippen MR) is 159 cm³/mol. The van der Waals surface area contributed by atoms with Crippen molar-refractivity contribution in [1.82, 2.24) is 0 Å². The minimum atomic E-state index is -1.10. The van der Waals surface area contributed by atoms with E-state index in [4.69, 9.17) is 9.47 Å². The van der Waals surface area contributed by atoms with E-state index in [1.807, 2.05) is 96.9 Å². The maximum Gasteiger partial charge on any atom is 0.294 e. The minimum Gasteiger partial charge on any atom is -0.497 e. The zero-order valence-electron chi connectivity index (χ0n) is 23.9. The first-order chi connectivity index (χ1) is 19.9. The number of carbonyl (C=O) groups excluding carboxylic acids is 2. The number of rotatable bonds is 7. The van der Waals surface area contributed by atoms with Crippen LogP contribution in [0.15, 0.2) is 97.1 Å². The number of likely N-dealkylation sites (tertiary alicyclic amines) is 1. The third-order valence-electron chi connectivity index (χ3n) is 9.04. The Bertz CT molecular complexity index is 1620. The van der Waals surface area contributed by atoms with Crippen molar-refractivity contribution in [3.63, 3.8) is 0 Å². The molecule has 2 heterocycles. The molecule has 1 saturated heterocycles. The predicted octanol–water partition coefficient (Wildman–Crippen LogP) is 4.57. The number of nitrogens with one attached hydrogen (secondary N) is 1. The van der Waals surface area contributed by atoms with Crippen molar-refractivity contribution in [2.45, 2.75) is 24.9 Å². The summed E-state index contributed by atoms with van der Waals surface area (Å²) in [5.41, 5.74) is 4.40. The highest BCUT2D eigenvalue weighted by Gasteiger charge is 2.70. The number of Topliss-reactive ketones (excluding diaryl/α,β-unsaturated/α-hetero) is 1. The summed E-state index contributed by atoms with van der Waals surface area (Å²) in [5, 5.41) is 0. The lowest BCUT2D eigenvalue weighted by Crippen LogP contribution is -3.16. The Balaban J connectivity index is 1.56. The summed E-state index contributed by atoms with van der Waals surface area (Å²) in [6.07, 6.45) is 0. The van der Waals surface area contributed by atoms with Gasteiger partial charge in [0.25, 0.3) is 5.91 Å². The number of fused-ring (bicyclic) bond motifs is 2. The summed E-state index contributed by atoms with van der Waals surface area (Å²) in [7, 11) is 5.30. The number of hydrogen-bond donors (Lipinski definition) is 1. The molecule has 4 aromatic rings. The number of anilines is 1. The molecule has 2 aliphatic rings. The van der Waals surface area contributed by atoms with E-state index in [1.54, 1.807) is 14.2 Å². The van der Waals surface area contributed by atoms with Gasteiger partial charge >= 0.3 is 0 Å². The number of para-hydroxylation sites is 1. The maximum atomic E-state index is 15.0. The number of amides is 1. The number of aryl methyl sites for hydroxylation is 1. The molecule has 4 atom stereocenters. The van der Waals surface area contributed by atoms with Crippen LogP contribution in [0.3, 0.4) is 0 Å². The fourth-order valence-electron chi connectivity index (χ4n) is 7.06. The van der Waals surface area contributed by atoms with E-state index < -0.39 is 11.5 Å². The van der Waals surface area contributed by atoms with Gasteiger partial charge in [-0.3, -0.25) is 9.59 Å². The van der Waals surface area contributed by atoms with Crippen molar-refractivity contribution >= 4 is 17.4 Å². The van der Waals surface area contributed by atoms with Crippen LogP contribution in [0.4, 0.5) is 5.69 Å². The van der Waals surface area contributed by atoms with Crippen LogP contribution in [0.5, 0.6) is 11.5 Å². The van der Waals surface area contributed by atoms with Gasteiger partial charge in [0, 0.05) is 22.8 Å². The normalized spacial score (nSPS) is 23.1. The Kier molecular flexibility index (Phi) is 6.88. The average molecular weight is 548 g/mol. The molecule has 0 bridgehead atoms. The molecule has 1 N–H and O–H groups in total. The third-order valence-corrected chi connectivity index (χ3v) is 9.04. The summed E-state index contributed by atoms with van der Waals surface area (Å²) in [4.78, 5) is 32.6. The number of methoxy groups -OCH3 is 2. The number of ether oxygens (including phenoxy) is 2. The molecule has 6 rings (SSSR count). The molecule has 0 aromatic heterocycles. The molecule has 1 spiro atoms. The molecule has 1 amide bonds. The molecule has 208 valence electrons. The summed E-state index contributed by atoms with van der Waals surface area (Å²) < 4.78 is 11.3. The van der Waals surface area contributed by atoms with Crippen LogP contribution in [0.1, 0.15) is 38.5 Å². The first-order valence-corrected chi connectivity index (χ1v) is 14.0. The van der Waals surface area contributed by atoms with Gasteiger partial charge < -0.3 is 19.3 Å². The van der Waals surface area contributed by atoms with E-state index >= 15 is 0 Å². The van der Waals surface area contributed by atoms with Crippen molar-refractivity contribution in [2.75, 3.05) is 32.7 Å². The van der Waals surface area contributed by atoms with Crippen LogP contribution >= 0.6 is 0 Å². The zero-order valence-corrected chi connectivity index (χ0v) is 23.9. The molecule has 6 nitrogen and oxygen atoms in total. The van der Waals surface area contributed by atoms with Gasteiger partial charge in [-0.05, 0) is 30.2 Å². The Hall–Kier alpha value is -4.42. The molecular weight excluding hydrogens is 512 g/mol. The van der Waals surface area contributed by atoms with Crippen LogP contribution < -0.4 is 19.3 Å². The van der Waals surface area contributed by atoms with Crippen LogP contribution in [-0.2, 0) is 16.9 Å². The van der Waals surface area contributed by atoms with E-state index in [-0.39, 0.29) is 17.6 Å². The number of hydrogen-bond acceptors (Lipinski definition) is 4. The monoisotopic (exact) mass is 547 g/mol. The smallest absolute Gasteiger partial charge is 0.294 e. The van der Waals surface area contributed by atoms with Gasteiger partial charge in [-0.1, -0.05) is 78.9 Å². The zero-order chi connectivity index (χ0) is 28.7. The minimum absolute atomic E-state index is 0.0359. The average Bonchev–Trinajstić information content (AvgIpc) is 3.45. The number of nitrogens with zero attached hydrogens (tertiary/aromatic N) is 1. The number of benzene rings is 4. The fourth-order valence-corrected chi connectivity index (χ4v) is 7.06. The summed E-state index contributed by atoms with van der Waals surface area (Å²) in [5.74, 6) is 0.342. The molecule has 41 heavy (non-hydrogen) atoms. The fraction of sp³-hybridized carbons (Fsp3) is 0.257. The second-order valence-corrected chi connectivity index (χ2v) is 11.0. The second-order valence-electron chi connectivity index (χ2n) is 11.0. The van der Waals surface area contributed by atoms with Gasteiger partial charge in [0.15, 0.2) is 5.78 Å². The highest BCUT2D eigenvalue weighted by atomic mass is 16.5. The van der Waals surface area contributed by atoms with Crippen molar-refractivity contribution < 1.29 is 24.0 Å². The van der Waals surface area contributed by atoms with Crippen molar-refractivity contribution in [2.24, 2.45) is 5.92 Å². The standard InChI is InChI=1S/C35H34N2O4/c1-23-12-8-9-15-25(23)21-37-30-17-11-10-16-29(30)35(34(37)39)32(33(38)24-13-6-5-7-14-24)28(22-36(35)2)27-19-18-26(40-3)20-31(27)41-4/h5-20,28,32H,21-22H2,1-4H3/p+1. The third kappa shape index (κ3) is 4.13. The molecule has 0 aliphatic carbocycles. The molecule has 1 fully saturated rings. The first-order valence-electron chi connectivity index (χ1n) is 14.0. The van der Waals surface area contributed by atoms with E-state index in [1.165, 1.54) is 0 Å². The van der Waals surface area contributed by atoms with Crippen molar-refractivity contribution in [3.05, 3.63) is 125 Å². The molecule has 4 unspecified atom stereocenters. The first kappa shape index (κ1) is 26.8. The van der Waals surface area contributed by atoms with Crippen molar-refractivity contribution in [3.8, 4) is 11.5 Å². The van der Waals surface area contributed by atoms with Crippen molar-refractivity contribution in [1.29, 1.82) is 0 Å². The van der Waals surface area contributed by atoms with Gasteiger partial charge in [0.05, 0.1) is 46.0 Å². The van der Waals surface area contributed by atoms with E-state index in [0.29, 0.717) is 30.2 Å². The lowest BCUT2D eigenvalue weighted by atomic mass is 9.70. The number of carbonyl (C=O) groups is 2. The van der Waals surface area contributed by atoms with Crippen LogP contribution in [0.25, 0.3) is 0 Å². The highest BCUT2D eigenvalue weighted by Crippen LogP contribution is 2.52. The number of ketones is 1. The second kappa shape index (κ2) is 10.5. The van der Waals surface area contributed by atoms with E-state index in [2.05, 4.69) is 19.1 Å². The van der Waals surface area contributed by atoms with Crippen LogP contribution in [0, 0.1) is 12.8 Å². The van der Waals surface area contributed by atoms with E-state index in [9.17, 15) is 9.59 Å². The lowest BCUT2D eigenvalue weighted by Gasteiger charge is -2.33. The molecule has 2 aliphatic heterocycles. The molecule has 0 radical (unpaired) electrons. The Morgan fingerprint density at radius 1 is 0.927 bits per heavy atom. The molecule has 6 heteroatoms. The Morgan fingerprint density at radius 3 is 2.37 bits per heavy atom. The quantitative estimate of drug-likeness (QED) is 0.345. The van der Waals surface area contributed by atoms with Gasteiger partial charge in [0.1, 0.15) is 17.4 Å². The van der Waals surface area contributed by atoms with Gasteiger partial charge in [-0.25, -0.2) is 0 Å². The van der Waals surface area contributed by atoms with Gasteiger partial charge in [0.2, 0.25) is 5.54 Å². The summed E-state index contributed by atoms with van der Waals surface area (Å²) in [6.45, 7) is 3.10. The number of quaternary nitrogens is 1. The lowest BCUT2D eigenvalue weighted by molar-refractivity contribution is -0.918.